The number of piperidine rings is 1. The van der Waals surface area contributed by atoms with Crippen LogP contribution >= 0.6 is 0 Å². The van der Waals surface area contributed by atoms with Gasteiger partial charge in [0.15, 0.2) is 11.6 Å². The van der Waals surface area contributed by atoms with Crippen LogP contribution in [0.3, 0.4) is 0 Å². The fourth-order valence-corrected chi connectivity index (χ4v) is 2.21. The summed E-state index contributed by atoms with van der Waals surface area (Å²) in [6.07, 6.45) is 2.43. The van der Waals surface area contributed by atoms with Crippen LogP contribution in [0, 0.1) is 11.7 Å². The van der Waals surface area contributed by atoms with E-state index in [1.165, 1.54) is 26.0 Å². The lowest BCUT2D eigenvalue weighted by Crippen LogP contribution is -2.32. The summed E-state index contributed by atoms with van der Waals surface area (Å²) in [7, 11) is 1.46. The average Bonchev–Trinajstić information content (AvgIpc) is 2.40. The zero-order valence-corrected chi connectivity index (χ0v) is 10.7. The first-order valence-electron chi connectivity index (χ1n) is 6.40. The van der Waals surface area contributed by atoms with Crippen molar-refractivity contribution >= 4 is 0 Å². The molecule has 0 bridgehead atoms. The average molecular weight is 253 g/mol. The van der Waals surface area contributed by atoms with E-state index < -0.39 is 0 Å². The fourth-order valence-electron chi connectivity index (χ4n) is 2.21. The predicted molar refractivity (Wildman–Crippen MR) is 68.2 cm³/mol. The van der Waals surface area contributed by atoms with E-state index in [0.29, 0.717) is 12.5 Å². The summed E-state index contributed by atoms with van der Waals surface area (Å²) in [5.41, 5.74) is 0.845. The van der Waals surface area contributed by atoms with E-state index in [2.05, 4.69) is 5.32 Å². The second-order valence-corrected chi connectivity index (χ2v) is 4.70. The van der Waals surface area contributed by atoms with Crippen molar-refractivity contribution in [3.63, 3.8) is 0 Å². The van der Waals surface area contributed by atoms with Crippen LogP contribution in [0.1, 0.15) is 18.4 Å². The summed E-state index contributed by atoms with van der Waals surface area (Å²) >= 11 is 0. The first-order valence-corrected chi connectivity index (χ1v) is 6.40. The van der Waals surface area contributed by atoms with E-state index in [1.54, 1.807) is 6.07 Å². The SMILES string of the molecule is COc1ccc(COCC2CCCNC2)cc1F. The van der Waals surface area contributed by atoms with Crippen molar-refractivity contribution in [1.82, 2.24) is 5.32 Å². The quantitative estimate of drug-likeness (QED) is 0.873. The second kappa shape index (κ2) is 6.71. The van der Waals surface area contributed by atoms with Gasteiger partial charge in [-0.05, 0) is 43.0 Å². The molecular weight excluding hydrogens is 233 g/mol. The lowest BCUT2D eigenvalue weighted by atomic mass is 10.0. The summed E-state index contributed by atoms with van der Waals surface area (Å²) in [4.78, 5) is 0. The summed E-state index contributed by atoms with van der Waals surface area (Å²) in [6, 6.07) is 4.94. The molecule has 1 heterocycles. The molecule has 1 aliphatic rings. The minimum absolute atomic E-state index is 0.273. The molecule has 1 N–H and O–H groups in total. The van der Waals surface area contributed by atoms with E-state index in [9.17, 15) is 4.39 Å². The van der Waals surface area contributed by atoms with Gasteiger partial charge in [-0.2, -0.15) is 0 Å². The van der Waals surface area contributed by atoms with Crippen molar-refractivity contribution in [2.75, 3.05) is 26.8 Å². The Morgan fingerprint density at radius 2 is 2.33 bits per heavy atom. The molecule has 0 spiro atoms. The Morgan fingerprint density at radius 3 is 3.00 bits per heavy atom. The van der Waals surface area contributed by atoms with Crippen LogP contribution in [0.4, 0.5) is 4.39 Å². The molecule has 1 aromatic carbocycles. The third-order valence-electron chi connectivity index (χ3n) is 3.24. The number of benzene rings is 1. The van der Waals surface area contributed by atoms with Crippen LogP contribution in [0.5, 0.6) is 5.75 Å². The summed E-state index contributed by atoms with van der Waals surface area (Å²) in [5, 5.41) is 3.35. The molecule has 100 valence electrons. The smallest absolute Gasteiger partial charge is 0.165 e. The van der Waals surface area contributed by atoms with Gasteiger partial charge in [0.1, 0.15) is 0 Å². The molecule has 3 nitrogen and oxygen atoms in total. The summed E-state index contributed by atoms with van der Waals surface area (Å²) < 4.78 is 24.0. The molecule has 2 rings (SSSR count). The van der Waals surface area contributed by atoms with Crippen molar-refractivity contribution < 1.29 is 13.9 Å². The van der Waals surface area contributed by atoms with Gasteiger partial charge in [0.25, 0.3) is 0 Å². The molecule has 4 heteroatoms. The Kier molecular flexibility index (Phi) is 4.96. The molecule has 0 aliphatic carbocycles. The number of halogens is 1. The number of hydrogen-bond donors (Lipinski definition) is 1. The Bertz CT molecular complexity index is 378. The van der Waals surface area contributed by atoms with Gasteiger partial charge >= 0.3 is 0 Å². The Labute approximate surface area is 107 Å². The normalized spacial score (nSPS) is 19.8. The molecule has 0 saturated carbocycles. The Balaban J connectivity index is 1.77. The van der Waals surface area contributed by atoms with Gasteiger partial charge in [0.2, 0.25) is 0 Å². The van der Waals surface area contributed by atoms with E-state index in [1.807, 2.05) is 6.07 Å². The molecule has 1 unspecified atom stereocenters. The van der Waals surface area contributed by atoms with Gasteiger partial charge < -0.3 is 14.8 Å². The second-order valence-electron chi connectivity index (χ2n) is 4.70. The highest BCUT2D eigenvalue weighted by Crippen LogP contribution is 2.18. The lowest BCUT2D eigenvalue weighted by molar-refractivity contribution is 0.0781. The summed E-state index contributed by atoms with van der Waals surface area (Å²) in [5.74, 6) is 0.523. The molecule has 18 heavy (non-hydrogen) atoms. The molecule has 1 aromatic rings. The number of hydrogen-bond acceptors (Lipinski definition) is 3. The molecule has 1 fully saturated rings. The Morgan fingerprint density at radius 1 is 1.44 bits per heavy atom. The van der Waals surface area contributed by atoms with Crippen molar-refractivity contribution in [3.8, 4) is 5.75 Å². The van der Waals surface area contributed by atoms with Crippen LogP contribution < -0.4 is 10.1 Å². The maximum atomic E-state index is 13.4. The van der Waals surface area contributed by atoms with Crippen LogP contribution in [0.2, 0.25) is 0 Å². The van der Waals surface area contributed by atoms with Gasteiger partial charge in [0, 0.05) is 6.54 Å². The van der Waals surface area contributed by atoms with Crippen LogP contribution in [0.15, 0.2) is 18.2 Å². The van der Waals surface area contributed by atoms with Crippen molar-refractivity contribution in [2.24, 2.45) is 5.92 Å². The van der Waals surface area contributed by atoms with Gasteiger partial charge in [-0.25, -0.2) is 4.39 Å². The van der Waals surface area contributed by atoms with E-state index in [-0.39, 0.29) is 11.6 Å². The van der Waals surface area contributed by atoms with Gasteiger partial charge in [-0.1, -0.05) is 6.07 Å². The monoisotopic (exact) mass is 253 g/mol. The van der Waals surface area contributed by atoms with Crippen molar-refractivity contribution in [2.45, 2.75) is 19.4 Å². The van der Waals surface area contributed by atoms with Crippen LogP contribution in [-0.2, 0) is 11.3 Å². The van der Waals surface area contributed by atoms with E-state index in [4.69, 9.17) is 9.47 Å². The third-order valence-corrected chi connectivity index (χ3v) is 3.24. The third kappa shape index (κ3) is 3.68. The first kappa shape index (κ1) is 13.3. The minimum atomic E-state index is -0.335. The first-order chi connectivity index (χ1) is 8.79. The topological polar surface area (TPSA) is 30.5 Å². The van der Waals surface area contributed by atoms with Gasteiger partial charge in [0.05, 0.1) is 20.3 Å². The maximum absolute atomic E-state index is 13.4. The maximum Gasteiger partial charge on any atom is 0.165 e. The zero-order chi connectivity index (χ0) is 12.8. The summed E-state index contributed by atoms with van der Waals surface area (Å²) in [6.45, 7) is 3.33. The predicted octanol–water partition coefficient (Wildman–Crippen LogP) is 2.35. The van der Waals surface area contributed by atoms with Crippen molar-refractivity contribution in [1.29, 1.82) is 0 Å². The van der Waals surface area contributed by atoms with Crippen LogP contribution in [0.25, 0.3) is 0 Å². The number of methoxy groups -OCH3 is 1. The molecule has 1 saturated heterocycles. The number of ether oxygens (including phenoxy) is 2. The largest absolute Gasteiger partial charge is 0.494 e. The lowest BCUT2D eigenvalue weighted by Gasteiger charge is -2.22. The highest BCUT2D eigenvalue weighted by atomic mass is 19.1. The fraction of sp³-hybridized carbons (Fsp3) is 0.571. The molecule has 0 radical (unpaired) electrons. The minimum Gasteiger partial charge on any atom is -0.494 e. The number of nitrogens with one attached hydrogen (secondary N) is 1. The number of rotatable bonds is 5. The van der Waals surface area contributed by atoms with E-state index in [0.717, 1.165) is 25.3 Å². The standard InChI is InChI=1S/C14H20FNO2/c1-17-14-5-4-11(7-13(14)15)9-18-10-12-3-2-6-16-8-12/h4-5,7,12,16H,2-3,6,8-10H2,1H3. The van der Waals surface area contributed by atoms with Crippen molar-refractivity contribution in [3.05, 3.63) is 29.6 Å². The highest BCUT2D eigenvalue weighted by molar-refractivity contribution is 5.28. The van der Waals surface area contributed by atoms with Crippen LogP contribution in [-0.4, -0.2) is 26.8 Å². The molecule has 0 amide bonds. The Hall–Kier alpha value is -1.13. The van der Waals surface area contributed by atoms with E-state index >= 15 is 0 Å². The molecule has 1 aliphatic heterocycles. The highest BCUT2D eigenvalue weighted by Gasteiger charge is 2.12. The molecule has 0 aromatic heterocycles. The molecular formula is C14H20FNO2. The molecule has 1 atom stereocenters. The van der Waals surface area contributed by atoms with Gasteiger partial charge in [-0.3, -0.25) is 0 Å². The zero-order valence-electron chi connectivity index (χ0n) is 10.7. The van der Waals surface area contributed by atoms with Gasteiger partial charge in [-0.15, -0.1) is 0 Å².